The second kappa shape index (κ2) is 5.47. The van der Waals surface area contributed by atoms with E-state index < -0.39 is 0 Å². The van der Waals surface area contributed by atoms with Gasteiger partial charge in [-0.1, -0.05) is 18.2 Å². The first-order valence-electron chi connectivity index (χ1n) is 7.78. The lowest BCUT2D eigenvalue weighted by Gasteiger charge is -2.12. The van der Waals surface area contributed by atoms with Crippen molar-refractivity contribution >= 4 is 16.8 Å². The highest BCUT2D eigenvalue weighted by Gasteiger charge is 2.27. The van der Waals surface area contributed by atoms with E-state index in [-0.39, 0.29) is 11.9 Å². The summed E-state index contributed by atoms with van der Waals surface area (Å²) in [5.41, 5.74) is 4.34. The maximum absolute atomic E-state index is 12.3. The van der Waals surface area contributed by atoms with Gasteiger partial charge in [-0.15, -0.1) is 0 Å². The molecular weight excluding hydrogens is 288 g/mol. The van der Waals surface area contributed by atoms with Crippen molar-refractivity contribution in [3.8, 4) is 5.75 Å². The molecule has 1 aliphatic rings. The van der Waals surface area contributed by atoms with Crippen molar-refractivity contribution in [3.63, 3.8) is 0 Å². The maximum atomic E-state index is 12.3. The Labute approximate surface area is 134 Å². The fourth-order valence-electron chi connectivity index (χ4n) is 3.34. The van der Waals surface area contributed by atoms with Crippen LogP contribution in [0.25, 0.3) is 10.9 Å². The third-order valence-corrected chi connectivity index (χ3v) is 4.47. The van der Waals surface area contributed by atoms with E-state index in [1.165, 1.54) is 16.6 Å². The SMILES string of the molecule is COc1ccc2[nH]c3c(c2c1)CC(NC(=O)c1ccccc1)C3. The van der Waals surface area contributed by atoms with Crippen molar-refractivity contribution < 1.29 is 9.53 Å². The summed E-state index contributed by atoms with van der Waals surface area (Å²) in [4.78, 5) is 15.8. The van der Waals surface area contributed by atoms with E-state index >= 15 is 0 Å². The number of carbonyl (C=O) groups is 1. The molecule has 1 heterocycles. The molecule has 1 aliphatic carbocycles. The fourth-order valence-corrected chi connectivity index (χ4v) is 3.34. The van der Waals surface area contributed by atoms with Gasteiger partial charge < -0.3 is 15.0 Å². The Bertz CT molecular complexity index is 868. The first kappa shape index (κ1) is 13.9. The molecule has 0 radical (unpaired) electrons. The molecule has 0 spiro atoms. The highest BCUT2D eigenvalue weighted by molar-refractivity contribution is 5.94. The van der Waals surface area contributed by atoms with Gasteiger partial charge in [0.05, 0.1) is 7.11 Å². The second-order valence-electron chi connectivity index (χ2n) is 5.94. The van der Waals surface area contributed by atoms with E-state index in [9.17, 15) is 4.79 Å². The van der Waals surface area contributed by atoms with Gasteiger partial charge in [0.2, 0.25) is 0 Å². The van der Waals surface area contributed by atoms with E-state index in [4.69, 9.17) is 4.74 Å². The minimum atomic E-state index is -0.0114. The number of aromatic amines is 1. The van der Waals surface area contributed by atoms with Crippen LogP contribution in [0, 0.1) is 0 Å². The molecule has 4 nitrogen and oxygen atoms in total. The molecule has 1 amide bonds. The number of amides is 1. The molecule has 0 fully saturated rings. The lowest BCUT2D eigenvalue weighted by atomic mass is 10.1. The van der Waals surface area contributed by atoms with Crippen LogP contribution in [0.3, 0.4) is 0 Å². The van der Waals surface area contributed by atoms with Crippen LogP contribution in [0.4, 0.5) is 0 Å². The van der Waals surface area contributed by atoms with Gasteiger partial charge in [0.1, 0.15) is 5.75 Å². The van der Waals surface area contributed by atoms with E-state index in [2.05, 4.69) is 16.4 Å². The molecule has 3 aromatic rings. The Morgan fingerprint density at radius 2 is 2.00 bits per heavy atom. The van der Waals surface area contributed by atoms with Crippen molar-refractivity contribution in [2.24, 2.45) is 0 Å². The number of rotatable bonds is 3. The Balaban J connectivity index is 1.55. The summed E-state index contributed by atoms with van der Waals surface area (Å²) in [6.07, 6.45) is 1.69. The van der Waals surface area contributed by atoms with Gasteiger partial charge >= 0.3 is 0 Å². The zero-order chi connectivity index (χ0) is 15.8. The summed E-state index contributed by atoms with van der Waals surface area (Å²) in [7, 11) is 1.68. The monoisotopic (exact) mass is 306 g/mol. The highest BCUT2D eigenvalue weighted by atomic mass is 16.5. The third kappa shape index (κ3) is 2.46. The molecule has 1 atom stereocenters. The predicted octanol–water partition coefficient (Wildman–Crippen LogP) is 3.07. The molecule has 23 heavy (non-hydrogen) atoms. The number of carbonyl (C=O) groups excluding carboxylic acids is 1. The lowest BCUT2D eigenvalue weighted by molar-refractivity contribution is 0.0938. The first-order chi connectivity index (χ1) is 11.2. The van der Waals surface area contributed by atoms with Crippen LogP contribution in [0.1, 0.15) is 21.6 Å². The summed E-state index contributed by atoms with van der Waals surface area (Å²) in [5, 5.41) is 4.32. The quantitative estimate of drug-likeness (QED) is 0.781. The number of H-pyrrole nitrogens is 1. The van der Waals surface area contributed by atoms with Gasteiger partial charge in [-0.25, -0.2) is 0 Å². The van der Waals surface area contributed by atoms with Gasteiger partial charge in [-0.3, -0.25) is 4.79 Å². The van der Waals surface area contributed by atoms with Crippen LogP contribution in [0.2, 0.25) is 0 Å². The number of hydrogen-bond acceptors (Lipinski definition) is 2. The van der Waals surface area contributed by atoms with Gasteiger partial charge in [-0.2, -0.15) is 0 Å². The van der Waals surface area contributed by atoms with E-state index in [0.29, 0.717) is 5.56 Å². The summed E-state index contributed by atoms with van der Waals surface area (Å²) in [6, 6.07) is 15.6. The predicted molar refractivity (Wildman–Crippen MR) is 90.0 cm³/mol. The molecule has 2 aromatic carbocycles. The van der Waals surface area contributed by atoms with E-state index in [1.807, 2.05) is 42.5 Å². The lowest BCUT2D eigenvalue weighted by Crippen LogP contribution is -2.35. The van der Waals surface area contributed by atoms with E-state index in [0.717, 1.165) is 24.1 Å². The number of nitrogens with one attached hydrogen (secondary N) is 2. The number of aromatic nitrogens is 1. The topological polar surface area (TPSA) is 54.1 Å². The Hall–Kier alpha value is -2.75. The number of hydrogen-bond donors (Lipinski definition) is 2. The van der Waals surface area contributed by atoms with Gasteiger partial charge in [-0.05, 0) is 42.3 Å². The van der Waals surface area contributed by atoms with Crippen molar-refractivity contribution in [3.05, 3.63) is 65.4 Å². The normalized spacial score (nSPS) is 16.3. The molecule has 4 heteroatoms. The molecule has 116 valence electrons. The Morgan fingerprint density at radius 3 is 2.78 bits per heavy atom. The Kier molecular flexibility index (Phi) is 3.30. The van der Waals surface area contributed by atoms with Crippen molar-refractivity contribution in [1.29, 1.82) is 0 Å². The van der Waals surface area contributed by atoms with Crippen molar-refractivity contribution in [2.75, 3.05) is 7.11 Å². The third-order valence-electron chi connectivity index (χ3n) is 4.47. The summed E-state index contributed by atoms with van der Waals surface area (Å²) in [6.45, 7) is 0. The maximum Gasteiger partial charge on any atom is 0.251 e. The van der Waals surface area contributed by atoms with Crippen LogP contribution in [-0.2, 0) is 12.8 Å². The number of benzene rings is 2. The molecule has 0 saturated carbocycles. The second-order valence-corrected chi connectivity index (χ2v) is 5.94. The summed E-state index contributed by atoms with van der Waals surface area (Å²) in [5.74, 6) is 0.846. The molecule has 0 aliphatic heterocycles. The number of ether oxygens (including phenoxy) is 1. The van der Waals surface area contributed by atoms with Gasteiger partial charge in [0.25, 0.3) is 5.91 Å². The fraction of sp³-hybridized carbons (Fsp3) is 0.211. The first-order valence-corrected chi connectivity index (χ1v) is 7.78. The molecular formula is C19H18N2O2. The molecule has 0 saturated heterocycles. The van der Waals surface area contributed by atoms with Crippen LogP contribution < -0.4 is 10.1 Å². The van der Waals surface area contributed by atoms with Crippen LogP contribution >= 0.6 is 0 Å². The Morgan fingerprint density at radius 1 is 1.17 bits per heavy atom. The summed E-state index contributed by atoms with van der Waals surface area (Å²) < 4.78 is 5.32. The number of fused-ring (bicyclic) bond motifs is 3. The standard InChI is InChI=1S/C19H18N2O2/c1-23-14-7-8-17-16(11-14)15-9-13(10-18(15)21-17)20-19(22)12-5-3-2-4-6-12/h2-8,11,13,21H,9-10H2,1H3,(H,20,22). The van der Waals surface area contributed by atoms with Gasteiger partial charge in [0, 0.05) is 34.6 Å². The molecule has 1 unspecified atom stereocenters. The molecule has 1 aromatic heterocycles. The minimum absolute atomic E-state index is 0.0114. The summed E-state index contributed by atoms with van der Waals surface area (Å²) >= 11 is 0. The molecule has 2 N–H and O–H groups in total. The zero-order valence-corrected chi connectivity index (χ0v) is 12.9. The van der Waals surface area contributed by atoms with Crippen LogP contribution in [0.15, 0.2) is 48.5 Å². The van der Waals surface area contributed by atoms with Gasteiger partial charge in [0.15, 0.2) is 0 Å². The average Bonchev–Trinajstić information content (AvgIpc) is 3.12. The van der Waals surface area contributed by atoms with Crippen LogP contribution in [0.5, 0.6) is 5.75 Å². The van der Waals surface area contributed by atoms with E-state index in [1.54, 1.807) is 7.11 Å². The zero-order valence-electron chi connectivity index (χ0n) is 12.9. The molecule has 4 rings (SSSR count). The average molecular weight is 306 g/mol. The number of methoxy groups -OCH3 is 1. The minimum Gasteiger partial charge on any atom is -0.497 e. The highest BCUT2D eigenvalue weighted by Crippen LogP contribution is 2.32. The smallest absolute Gasteiger partial charge is 0.251 e. The van der Waals surface area contributed by atoms with Crippen LogP contribution in [-0.4, -0.2) is 24.0 Å². The molecule has 0 bridgehead atoms. The van der Waals surface area contributed by atoms with Crippen molar-refractivity contribution in [1.82, 2.24) is 10.3 Å². The van der Waals surface area contributed by atoms with Crippen molar-refractivity contribution in [2.45, 2.75) is 18.9 Å². The largest absolute Gasteiger partial charge is 0.497 e.